The Morgan fingerprint density at radius 2 is 1.79 bits per heavy atom. The fraction of sp³-hybridized carbons (Fsp3) is 1.00. The lowest BCUT2D eigenvalue weighted by atomic mass is 10.0. The van der Waals surface area contributed by atoms with Crippen LogP contribution in [0.2, 0.25) is 0 Å². The van der Waals surface area contributed by atoms with Crippen molar-refractivity contribution in [1.29, 1.82) is 0 Å². The Kier molecular flexibility index (Phi) is 3.48. The summed E-state index contributed by atoms with van der Waals surface area (Å²) in [6.45, 7) is 5.77. The number of halogens is 2. The second-order valence-electron chi connectivity index (χ2n) is 4.94. The Hall–Kier alpha value is -0.220. The van der Waals surface area contributed by atoms with E-state index in [1.54, 1.807) is 0 Å². The van der Waals surface area contributed by atoms with Crippen molar-refractivity contribution < 1.29 is 8.78 Å². The normalized spacial score (nSPS) is 23.8. The van der Waals surface area contributed by atoms with Gasteiger partial charge in [0.05, 0.1) is 0 Å². The number of piperidine rings is 1. The Morgan fingerprint density at radius 3 is 2.21 bits per heavy atom. The summed E-state index contributed by atoms with van der Waals surface area (Å²) >= 11 is 0. The Labute approximate surface area is 84.4 Å². The zero-order chi connectivity index (χ0) is 10.8. The van der Waals surface area contributed by atoms with E-state index >= 15 is 0 Å². The van der Waals surface area contributed by atoms with Gasteiger partial charge in [-0.3, -0.25) is 0 Å². The van der Waals surface area contributed by atoms with Crippen molar-refractivity contribution in [3.8, 4) is 0 Å². The number of nitrogens with two attached hydrogens (primary N) is 1. The number of hydrogen-bond donors (Lipinski definition) is 1. The number of alkyl halides is 2. The Balaban J connectivity index is 2.23. The summed E-state index contributed by atoms with van der Waals surface area (Å²) in [6.07, 6.45) is 0.856. The quantitative estimate of drug-likeness (QED) is 0.763. The maximum atomic E-state index is 12.8. The minimum atomic E-state index is -2.44. The summed E-state index contributed by atoms with van der Waals surface area (Å²) in [6, 6.07) is 0. The molecule has 0 aromatic heterocycles. The first-order chi connectivity index (χ1) is 6.29. The maximum absolute atomic E-state index is 12.8. The van der Waals surface area contributed by atoms with Crippen molar-refractivity contribution in [1.82, 2.24) is 4.90 Å². The summed E-state index contributed by atoms with van der Waals surface area (Å²) < 4.78 is 25.6. The van der Waals surface area contributed by atoms with Crippen molar-refractivity contribution in [3.63, 3.8) is 0 Å². The molecule has 1 aliphatic heterocycles. The molecular weight excluding hydrogens is 186 g/mol. The maximum Gasteiger partial charge on any atom is 0.250 e. The van der Waals surface area contributed by atoms with Crippen LogP contribution in [0.5, 0.6) is 0 Å². The lowest BCUT2D eigenvalue weighted by Crippen LogP contribution is -2.43. The van der Waals surface area contributed by atoms with Gasteiger partial charge in [0, 0.05) is 31.5 Å². The summed E-state index contributed by atoms with van der Waals surface area (Å²) in [5, 5.41) is 0. The van der Waals surface area contributed by atoms with Gasteiger partial charge in [-0.2, -0.15) is 0 Å². The van der Waals surface area contributed by atoms with E-state index in [4.69, 9.17) is 5.73 Å². The molecule has 0 saturated carbocycles. The average Bonchev–Trinajstić information content (AvgIpc) is 2.01. The molecular formula is C10H20F2N2. The SMILES string of the molecule is CC(C)(N)CCN1CCC(F)(F)CC1. The van der Waals surface area contributed by atoms with Gasteiger partial charge in [-0.15, -0.1) is 0 Å². The van der Waals surface area contributed by atoms with Crippen LogP contribution in [0.25, 0.3) is 0 Å². The van der Waals surface area contributed by atoms with Gasteiger partial charge in [0.25, 0.3) is 5.92 Å². The van der Waals surface area contributed by atoms with Gasteiger partial charge in [0.15, 0.2) is 0 Å². The molecule has 0 aromatic carbocycles. The third kappa shape index (κ3) is 4.33. The molecule has 1 rings (SSSR count). The van der Waals surface area contributed by atoms with Gasteiger partial charge < -0.3 is 10.6 Å². The van der Waals surface area contributed by atoms with Crippen LogP contribution < -0.4 is 5.73 Å². The second kappa shape index (κ2) is 4.11. The van der Waals surface area contributed by atoms with Gasteiger partial charge in [-0.05, 0) is 26.8 Å². The van der Waals surface area contributed by atoms with Crippen LogP contribution in [-0.2, 0) is 0 Å². The smallest absolute Gasteiger partial charge is 0.250 e. The van der Waals surface area contributed by atoms with Crippen LogP contribution in [0.15, 0.2) is 0 Å². The molecule has 14 heavy (non-hydrogen) atoms. The first kappa shape index (κ1) is 11.9. The summed E-state index contributed by atoms with van der Waals surface area (Å²) in [7, 11) is 0. The van der Waals surface area contributed by atoms with Gasteiger partial charge in [0.1, 0.15) is 0 Å². The Morgan fingerprint density at radius 1 is 1.29 bits per heavy atom. The zero-order valence-electron chi connectivity index (χ0n) is 9.02. The predicted octanol–water partition coefficient (Wildman–Crippen LogP) is 1.84. The standard InChI is InChI=1S/C10H20F2N2/c1-9(2,13)3-6-14-7-4-10(11,12)5-8-14/h3-8,13H2,1-2H3. The van der Waals surface area contributed by atoms with E-state index in [2.05, 4.69) is 4.90 Å². The molecule has 0 amide bonds. The minimum absolute atomic E-state index is 0.00198. The predicted molar refractivity (Wildman–Crippen MR) is 53.5 cm³/mol. The zero-order valence-corrected chi connectivity index (χ0v) is 9.02. The first-order valence-corrected chi connectivity index (χ1v) is 5.18. The van der Waals surface area contributed by atoms with Gasteiger partial charge in [0.2, 0.25) is 0 Å². The molecule has 1 saturated heterocycles. The lowest BCUT2D eigenvalue weighted by molar-refractivity contribution is -0.0556. The van der Waals surface area contributed by atoms with Crippen LogP contribution in [-0.4, -0.2) is 36.0 Å². The largest absolute Gasteiger partial charge is 0.326 e. The van der Waals surface area contributed by atoms with Gasteiger partial charge in [-0.25, -0.2) is 8.78 Å². The molecule has 2 N–H and O–H groups in total. The topological polar surface area (TPSA) is 29.3 Å². The fourth-order valence-corrected chi connectivity index (χ4v) is 1.55. The molecule has 0 spiro atoms. The molecule has 84 valence electrons. The van der Waals surface area contributed by atoms with E-state index in [-0.39, 0.29) is 18.4 Å². The fourth-order valence-electron chi connectivity index (χ4n) is 1.55. The van der Waals surface area contributed by atoms with E-state index in [0.29, 0.717) is 13.1 Å². The second-order valence-corrected chi connectivity index (χ2v) is 4.94. The summed E-state index contributed by atoms with van der Waals surface area (Å²) in [4.78, 5) is 2.08. The van der Waals surface area contributed by atoms with Crippen LogP contribution in [0.1, 0.15) is 33.1 Å². The highest BCUT2D eigenvalue weighted by atomic mass is 19.3. The van der Waals surface area contributed by atoms with Crippen molar-refractivity contribution in [2.45, 2.75) is 44.6 Å². The van der Waals surface area contributed by atoms with Gasteiger partial charge >= 0.3 is 0 Å². The minimum Gasteiger partial charge on any atom is -0.326 e. The van der Waals surface area contributed by atoms with E-state index < -0.39 is 5.92 Å². The van der Waals surface area contributed by atoms with Crippen molar-refractivity contribution >= 4 is 0 Å². The molecule has 1 heterocycles. The van der Waals surface area contributed by atoms with Crippen molar-refractivity contribution in [3.05, 3.63) is 0 Å². The van der Waals surface area contributed by atoms with Crippen LogP contribution in [0.4, 0.5) is 8.78 Å². The number of hydrogen-bond acceptors (Lipinski definition) is 2. The lowest BCUT2D eigenvalue weighted by Gasteiger charge is -2.33. The average molecular weight is 206 g/mol. The highest BCUT2D eigenvalue weighted by Gasteiger charge is 2.33. The molecule has 0 bridgehead atoms. The third-order valence-electron chi connectivity index (χ3n) is 2.66. The highest BCUT2D eigenvalue weighted by Crippen LogP contribution is 2.27. The highest BCUT2D eigenvalue weighted by molar-refractivity contribution is 4.80. The molecule has 0 aromatic rings. The molecule has 0 aliphatic carbocycles. The Bertz CT molecular complexity index is 177. The molecule has 0 unspecified atom stereocenters. The molecule has 4 heteroatoms. The molecule has 1 fully saturated rings. The van der Waals surface area contributed by atoms with E-state index in [9.17, 15) is 8.78 Å². The van der Waals surface area contributed by atoms with Gasteiger partial charge in [-0.1, -0.05) is 0 Å². The third-order valence-corrected chi connectivity index (χ3v) is 2.66. The molecule has 0 atom stereocenters. The van der Waals surface area contributed by atoms with E-state index in [0.717, 1.165) is 13.0 Å². The molecule has 0 radical (unpaired) electrons. The molecule has 1 aliphatic rings. The van der Waals surface area contributed by atoms with Crippen molar-refractivity contribution in [2.75, 3.05) is 19.6 Å². The summed E-state index contributed by atoms with van der Waals surface area (Å²) in [5.74, 6) is -2.44. The van der Waals surface area contributed by atoms with E-state index in [1.807, 2.05) is 13.8 Å². The number of rotatable bonds is 3. The van der Waals surface area contributed by atoms with Crippen molar-refractivity contribution in [2.24, 2.45) is 5.73 Å². The molecule has 2 nitrogen and oxygen atoms in total. The van der Waals surface area contributed by atoms with E-state index in [1.165, 1.54) is 0 Å². The van der Waals surface area contributed by atoms with Crippen LogP contribution >= 0.6 is 0 Å². The number of likely N-dealkylation sites (tertiary alicyclic amines) is 1. The first-order valence-electron chi connectivity index (χ1n) is 5.18. The summed E-state index contributed by atoms with van der Waals surface area (Å²) in [5.41, 5.74) is 5.64. The van der Waals surface area contributed by atoms with Crippen LogP contribution in [0, 0.1) is 0 Å². The monoisotopic (exact) mass is 206 g/mol. The number of nitrogens with zero attached hydrogens (tertiary/aromatic N) is 1. The van der Waals surface area contributed by atoms with Crippen LogP contribution in [0.3, 0.4) is 0 Å².